The van der Waals surface area contributed by atoms with Crippen LogP contribution in [0, 0.1) is 0 Å². The predicted octanol–water partition coefficient (Wildman–Crippen LogP) is 3.03. The highest BCUT2D eigenvalue weighted by atomic mass is 19.4. The van der Waals surface area contributed by atoms with Crippen molar-refractivity contribution in [2.24, 2.45) is 0 Å². The highest BCUT2D eigenvalue weighted by molar-refractivity contribution is 5.94. The average molecular weight is 394 g/mol. The van der Waals surface area contributed by atoms with Gasteiger partial charge in [0.1, 0.15) is 17.9 Å². The van der Waals surface area contributed by atoms with Crippen LogP contribution < -0.4 is 4.74 Å². The van der Waals surface area contributed by atoms with E-state index in [-0.39, 0.29) is 23.7 Å². The maximum absolute atomic E-state index is 12.8. The minimum absolute atomic E-state index is 0.165. The molecule has 0 aromatic heterocycles. The van der Waals surface area contributed by atoms with E-state index >= 15 is 0 Å². The maximum atomic E-state index is 12.8. The maximum Gasteiger partial charge on any atom is 0.416 e. The van der Waals surface area contributed by atoms with Gasteiger partial charge in [0.15, 0.2) is 0 Å². The van der Waals surface area contributed by atoms with Crippen LogP contribution in [0.25, 0.3) is 0 Å². The van der Waals surface area contributed by atoms with Crippen LogP contribution in [0.4, 0.5) is 13.2 Å². The minimum atomic E-state index is -4.42. The molecule has 1 aromatic carbocycles. The van der Waals surface area contributed by atoms with Crippen LogP contribution in [-0.2, 0) is 15.8 Å². The van der Waals surface area contributed by atoms with Gasteiger partial charge in [0, 0.05) is 32.5 Å². The predicted molar refractivity (Wildman–Crippen MR) is 96.5 cm³/mol. The number of carbonyl (C=O) groups excluding carboxylic acids is 2. The molecular weight excluding hydrogens is 373 g/mol. The number of halogens is 3. The van der Waals surface area contributed by atoms with Crippen LogP contribution in [0.2, 0.25) is 0 Å². The van der Waals surface area contributed by atoms with Gasteiger partial charge < -0.3 is 14.5 Å². The second-order valence-electron chi connectivity index (χ2n) is 6.74. The quantitative estimate of drug-likeness (QED) is 0.583. The fourth-order valence-corrected chi connectivity index (χ4v) is 3.40. The fourth-order valence-electron chi connectivity index (χ4n) is 3.40. The Bertz CT molecular complexity index is 783. The summed E-state index contributed by atoms with van der Waals surface area (Å²) in [5.41, 5.74) is -0.752. The van der Waals surface area contributed by atoms with Gasteiger partial charge in [0.25, 0.3) is 0 Å². The summed E-state index contributed by atoms with van der Waals surface area (Å²) >= 11 is 0. The lowest BCUT2D eigenvalue weighted by atomic mass is 10.1. The van der Waals surface area contributed by atoms with Crippen LogP contribution >= 0.6 is 0 Å². The standard InChI is InChI=1S/C20H21F3N2O3/c1-2-18(26)25-10-4-7-17(25)19(27)24-11-8-15(9-12-24)28-16-6-3-5-14(13-16)20(21,22)23/h2-7,13,15,17H,1,8-12H2/t17-/m0/s1. The first kappa shape index (κ1) is 20.0. The van der Waals surface area contributed by atoms with Crippen molar-refractivity contribution in [2.45, 2.75) is 31.2 Å². The van der Waals surface area contributed by atoms with E-state index in [0.29, 0.717) is 32.5 Å². The van der Waals surface area contributed by atoms with E-state index in [4.69, 9.17) is 4.74 Å². The number of benzene rings is 1. The number of likely N-dealkylation sites (tertiary alicyclic amines) is 1. The molecule has 1 saturated heterocycles. The highest BCUT2D eigenvalue weighted by Crippen LogP contribution is 2.32. The summed E-state index contributed by atoms with van der Waals surface area (Å²) in [6.45, 7) is 4.66. The molecule has 1 aromatic rings. The lowest BCUT2D eigenvalue weighted by molar-refractivity contribution is -0.141. The van der Waals surface area contributed by atoms with Gasteiger partial charge in [-0.25, -0.2) is 0 Å². The number of nitrogens with zero attached hydrogens (tertiary/aromatic N) is 2. The number of piperidine rings is 1. The molecule has 0 unspecified atom stereocenters. The molecule has 0 spiro atoms. The van der Waals surface area contributed by atoms with Crippen LogP contribution in [0.15, 0.2) is 49.1 Å². The van der Waals surface area contributed by atoms with Gasteiger partial charge in [0.05, 0.1) is 5.56 Å². The SMILES string of the molecule is C=CC(=O)N1CC=C[C@H]1C(=O)N1CCC(Oc2cccc(C(F)(F)F)c2)CC1. The lowest BCUT2D eigenvalue weighted by Crippen LogP contribution is -2.50. The van der Waals surface area contributed by atoms with Crippen molar-refractivity contribution in [3.63, 3.8) is 0 Å². The zero-order chi connectivity index (χ0) is 20.3. The molecule has 2 aliphatic heterocycles. The van der Waals surface area contributed by atoms with Crippen molar-refractivity contribution in [1.82, 2.24) is 9.80 Å². The van der Waals surface area contributed by atoms with Gasteiger partial charge in [-0.05, 0) is 24.3 Å². The zero-order valence-electron chi connectivity index (χ0n) is 15.2. The molecule has 0 aliphatic carbocycles. The number of carbonyl (C=O) groups is 2. The van der Waals surface area contributed by atoms with Crippen LogP contribution in [0.3, 0.4) is 0 Å². The number of hydrogen-bond donors (Lipinski definition) is 0. The van der Waals surface area contributed by atoms with Gasteiger partial charge in [0.2, 0.25) is 11.8 Å². The van der Waals surface area contributed by atoms with Crippen molar-refractivity contribution in [2.75, 3.05) is 19.6 Å². The molecule has 0 radical (unpaired) electrons. The topological polar surface area (TPSA) is 49.9 Å². The first-order valence-corrected chi connectivity index (χ1v) is 9.02. The molecule has 0 saturated carbocycles. The third-order valence-corrected chi connectivity index (χ3v) is 4.88. The molecule has 150 valence electrons. The van der Waals surface area contributed by atoms with E-state index in [1.807, 2.05) is 0 Å². The summed E-state index contributed by atoms with van der Waals surface area (Å²) < 4.78 is 44.1. The van der Waals surface area contributed by atoms with Gasteiger partial charge in [-0.15, -0.1) is 0 Å². The van der Waals surface area contributed by atoms with Crippen molar-refractivity contribution >= 4 is 11.8 Å². The molecule has 2 aliphatic rings. The Balaban J connectivity index is 1.56. The molecule has 2 heterocycles. The fraction of sp³-hybridized carbons (Fsp3) is 0.400. The molecule has 5 nitrogen and oxygen atoms in total. The molecule has 1 atom stereocenters. The second kappa shape index (κ2) is 8.08. The van der Waals surface area contributed by atoms with Crippen molar-refractivity contribution < 1.29 is 27.5 Å². The molecule has 8 heteroatoms. The van der Waals surface area contributed by atoms with Crippen molar-refractivity contribution in [1.29, 1.82) is 0 Å². The third-order valence-electron chi connectivity index (χ3n) is 4.88. The monoisotopic (exact) mass is 394 g/mol. The Morgan fingerprint density at radius 2 is 1.93 bits per heavy atom. The zero-order valence-corrected chi connectivity index (χ0v) is 15.2. The first-order valence-electron chi connectivity index (χ1n) is 9.02. The molecule has 0 bridgehead atoms. The molecule has 2 amide bonds. The van der Waals surface area contributed by atoms with Crippen molar-refractivity contribution in [3.05, 3.63) is 54.6 Å². The number of ether oxygens (including phenoxy) is 1. The van der Waals surface area contributed by atoms with Gasteiger partial charge in [-0.3, -0.25) is 9.59 Å². The van der Waals surface area contributed by atoms with Gasteiger partial charge in [-0.1, -0.05) is 24.8 Å². The van der Waals surface area contributed by atoms with Crippen LogP contribution in [-0.4, -0.2) is 53.4 Å². The smallest absolute Gasteiger partial charge is 0.416 e. The number of rotatable bonds is 4. The highest BCUT2D eigenvalue weighted by Gasteiger charge is 2.35. The molecule has 3 rings (SSSR count). The van der Waals surface area contributed by atoms with E-state index in [2.05, 4.69) is 6.58 Å². The normalized spacial score (nSPS) is 20.3. The minimum Gasteiger partial charge on any atom is -0.490 e. The van der Waals surface area contributed by atoms with E-state index < -0.39 is 17.8 Å². The lowest BCUT2D eigenvalue weighted by Gasteiger charge is -2.35. The Morgan fingerprint density at radius 1 is 1.21 bits per heavy atom. The molecule has 0 N–H and O–H groups in total. The Morgan fingerprint density at radius 3 is 2.57 bits per heavy atom. The first-order chi connectivity index (χ1) is 13.3. The second-order valence-corrected chi connectivity index (χ2v) is 6.74. The summed E-state index contributed by atoms with van der Waals surface area (Å²) in [7, 11) is 0. The number of amides is 2. The van der Waals surface area contributed by atoms with Crippen molar-refractivity contribution in [3.8, 4) is 5.75 Å². The van der Waals surface area contributed by atoms with E-state index in [0.717, 1.165) is 12.1 Å². The Kier molecular flexibility index (Phi) is 5.76. The van der Waals surface area contributed by atoms with E-state index in [1.54, 1.807) is 17.1 Å². The van der Waals surface area contributed by atoms with E-state index in [1.165, 1.54) is 23.1 Å². The van der Waals surface area contributed by atoms with E-state index in [9.17, 15) is 22.8 Å². The van der Waals surface area contributed by atoms with Gasteiger partial charge >= 0.3 is 6.18 Å². The van der Waals surface area contributed by atoms with Crippen LogP contribution in [0.5, 0.6) is 5.75 Å². The summed E-state index contributed by atoms with van der Waals surface area (Å²) in [5, 5.41) is 0. The summed E-state index contributed by atoms with van der Waals surface area (Å²) in [4.78, 5) is 27.7. The van der Waals surface area contributed by atoms with Crippen LogP contribution in [0.1, 0.15) is 18.4 Å². The average Bonchev–Trinajstić information content (AvgIpc) is 3.17. The summed E-state index contributed by atoms with van der Waals surface area (Å²) in [5.74, 6) is -0.298. The molecule has 1 fully saturated rings. The Hall–Kier alpha value is -2.77. The largest absolute Gasteiger partial charge is 0.490 e. The number of hydrogen-bond acceptors (Lipinski definition) is 3. The molecule has 28 heavy (non-hydrogen) atoms. The van der Waals surface area contributed by atoms with Gasteiger partial charge in [-0.2, -0.15) is 13.2 Å². The molecular formula is C20H21F3N2O3. The Labute approximate surface area is 161 Å². The third kappa shape index (κ3) is 4.37. The summed E-state index contributed by atoms with van der Waals surface area (Å²) in [6.07, 6.45) is 0.989. The summed E-state index contributed by atoms with van der Waals surface area (Å²) in [6, 6.07) is 4.16. The number of alkyl halides is 3.